The molecule has 7 nitrogen and oxygen atoms in total. The Morgan fingerprint density at radius 1 is 1.12 bits per heavy atom. The molecule has 1 aliphatic carbocycles. The van der Waals surface area contributed by atoms with Gasteiger partial charge in [0.05, 0.1) is 4.92 Å². The fourth-order valence-electron chi connectivity index (χ4n) is 2.97. The molecule has 1 saturated carbocycles. The van der Waals surface area contributed by atoms with Gasteiger partial charge in [-0.05, 0) is 49.9 Å². The Kier molecular flexibility index (Phi) is 4.59. The molecule has 2 N–H and O–H groups in total. The summed E-state index contributed by atoms with van der Waals surface area (Å²) in [5.74, 6) is 0.493. The summed E-state index contributed by atoms with van der Waals surface area (Å²) in [4.78, 5) is 19.3. The third kappa shape index (κ3) is 3.45. The summed E-state index contributed by atoms with van der Waals surface area (Å²) in [6.45, 7) is 4.03. The molecule has 0 radical (unpaired) electrons. The number of hydrogen-bond acceptors (Lipinski definition) is 6. The molecule has 1 aromatic heterocycles. The van der Waals surface area contributed by atoms with Gasteiger partial charge in [-0.15, -0.1) is 0 Å². The number of anilines is 3. The van der Waals surface area contributed by atoms with E-state index in [1.165, 1.54) is 11.9 Å². The second-order valence-corrected chi connectivity index (χ2v) is 6.23. The van der Waals surface area contributed by atoms with Gasteiger partial charge in [-0.1, -0.05) is 18.9 Å². The summed E-state index contributed by atoms with van der Waals surface area (Å²) < 4.78 is 0. The first-order chi connectivity index (χ1) is 11.5. The smallest absolute Gasteiger partial charge is 0.353 e. The maximum Gasteiger partial charge on any atom is 0.353 e. The standard InChI is InChI=1S/C17H21N5O2/c1-11-7-8-14(9-12(11)2)21-17-15(22(23)24)16(18-10-19-17)20-13-5-3-4-6-13/h7-10,13H,3-6H2,1-2H3,(H2,18,19,20,21). The number of hydrogen-bond donors (Lipinski definition) is 2. The van der Waals surface area contributed by atoms with Crippen LogP contribution in [0.15, 0.2) is 24.5 Å². The Labute approximate surface area is 140 Å². The van der Waals surface area contributed by atoms with E-state index < -0.39 is 4.92 Å². The van der Waals surface area contributed by atoms with Gasteiger partial charge in [0, 0.05) is 11.7 Å². The van der Waals surface area contributed by atoms with Gasteiger partial charge in [-0.25, -0.2) is 9.97 Å². The van der Waals surface area contributed by atoms with Crippen LogP contribution in [0.1, 0.15) is 36.8 Å². The van der Waals surface area contributed by atoms with Gasteiger partial charge in [0.1, 0.15) is 6.33 Å². The van der Waals surface area contributed by atoms with Crippen molar-refractivity contribution in [3.8, 4) is 0 Å². The van der Waals surface area contributed by atoms with Crippen molar-refractivity contribution in [2.75, 3.05) is 10.6 Å². The van der Waals surface area contributed by atoms with Crippen molar-refractivity contribution in [1.29, 1.82) is 0 Å². The lowest BCUT2D eigenvalue weighted by atomic mass is 10.1. The molecular weight excluding hydrogens is 306 g/mol. The molecular formula is C17H21N5O2. The quantitative estimate of drug-likeness (QED) is 0.634. The van der Waals surface area contributed by atoms with E-state index >= 15 is 0 Å². The summed E-state index contributed by atoms with van der Waals surface area (Å²) >= 11 is 0. The van der Waals surface area contributed by atoms with Crippen LogP contribution in [0.25, 0.3) is 0 Å². The lowest BCUT2D eigenvalue weighted by molar-refractivity contribution is -0.383. The molecule has 1 heterocycles. The van der Waals surface area contributed by atoms with Crippen molar-refractivity contribution in [1.82, 2.24) is 9.97 Å². The van der Waals surface area contributed by atoms with Crippen LogP contribution in [-0.4, -0.2) is 20.9 Å². The third-order valence-corrected chi connectivity index (χ3v) is 4.47. The van der Waals surface area contributed by atoms with Crippen LogP contribution >= 0.6 is 0 Å². The molecule has 24 heavy (non-hydrogen) atoms. The van der Waals surface area contributed by atoms with Gasteiger partial charge in [0.25, 0.3) is 0 Å². The van der Waals surface area contributed by atoms with E-state index in [-0.39, 0.29) is 23.4 Å². The lowest BCUT2D eigenvalue weighted by Gasteiger charge is -2.14. The van der Waals surface area contributed by atoms with Crippen LogP contribution in [0.2, 0.25) is 0 Å². The number of nitro groups is 1. The molecule has 2 aromatic rings. The van der Waals surface area contributed by atoms with E-state index in [2.05, 4.69) is 20.6 Å². The predicted molar refractivity (Wildman–Crippen MR) is 93.8 cm³/mol. The molecule has 0 atom stereocenters. The monoisotopic (exact) mass is 327 g/mol. The number of benzene rings is 1. The normalized spacial score (nSPS) is 14.6. The topological polar surface area (TPSA) is 93.0 Å². The van der Waals surface area contributed by atoms with Crippen LogP contribution in [-0.2, 0) is 0 Å². The van der Waals surface area contributed by atoms with Gasteiger partial charge >= 0.3 is 5.69 Å². The summed E-state index contributed by atoms with van der Waals surface area (Å²) in [6, 6.07) is 6.05. The average Bonchev–Trinajstić information content (AvgIpc) is 3.04. The Bertz CT molecular complexity index is 757. The first-order valence-electron chi connectivity index (χ1n) is 8.15. The van der Waals surface area contributed by atoms with Crippen LogP contribution in [0.4, 0.5) is 23.0 Å². The number of rotatable bonds is 5. The molecule has 0 unspecified atom stereocenters. The number of nitrogens with one attached hydrogen (secondary N) is 2. The minimum Gasteiger partial charge on any atom is -0.361 e. The van der Waals surface area contributed by atoms with E-state index in [9.17, 15) is 10.1 Å². The van der Waals surface area contributed by atoms with Gasteiger partial charge in [-0.3, -0.25) is 10.1 Å². The molecule has 0 amide bonds. The highest BCUT2D eigenvalue weighted by Gasteiger charge is 2.26. The average molecular weight is 327 g/mol. The Morgan fingerprint density at radius 3 is 2.50 bits per heavy atom. The van der Waals surface area contributed by atoms with E-state index in [0.29, 0.717) is 0 Å². The highest BCUT2D eigenvalue weighted by atomic mass is 16.6. The number of nitrogens with zero attached hydrogens (tertiary/aromatic N) is 3. The van der Waals surface area contributed by atoms with E-state index in [0.717, 1.165) is 36.9 Å². The van der Waals surface area contributed by atoms with E-state index in [1.54, 1.807) is 0 Å². The Hall–Kier alpha value is -2.70. The molecule has 0 spiro atoms. The minimum absolute atomic E-state index is 0.109. The predicted octanol–water partition coefficient (Wildman–Crippen LogP) is 4.10. The molecule has 0 saturated heterocycles. The molecule has 1 fully saturated rings. The van der Waals surface area contributed by atoms with Gasteiger partial charge in [0.15, 0.2) is 0 Å². The number of aromatic nitrogens is 2. The fourth-order valence-corrected chi connectivity index (χ4v) is 2.97. The fraction of sp³-hybridized carbons (Fsp3) is 0.412. The van der Waals surface area contributed by atoms with Crippen LogP contribution in [0, 0.1) is 24.0 Å². The maximum absolute atomic E-state index is 11.6. The SMILES string of the molecule is Cc1ccc(Nc2ncnc(NC3CCCC3)c2[N+](=O)[O-])cc1C. The van der Waals surface area contributed by atoms with Gasteiger partial charge < -0.3 is 10.6 Å². The van der Waals surface area contributed by atoms with Crippen molar-refractivity contribution in [3.63, 3.8) is 0 Å². The zero-order valence-corrected chi connectivity index (χ0v) is 13.9. The van der Waals surface area contributed by atoms with E-state index in [4.69, 9.17) is 0 Å². The van der Waals surface area contributed by atoms with Crippen molar-refractivity contribution >= 4 is 23.0 Å². The third-order valence-electron chi connectivity index (χ3n) is 4.47. The second kappa shape index (κ2) is 6.82. The largest absolute Gasteiger partial charge is 0.361 e. The summed E-state index contributed by atoms with van der Waals surface area (Å²) in [6.07, 6.45) is 5.67. The highest BCUT2D eigenvalue weighted by Crippen LogP contribution is 2.33. The van der Waals surface area contributed by atoms with Crippen LogP contribution in [0.5, 0.6) is 0 Å². The first kappa shape index (κ1) is 16.2. The summed E-state index contributed by atoms with van der Waals surface area (Å²) in [5.41, 5.74) is 2.94. The van der Waals surface area contributed by atoms with Crippen LogP contribution in [0.3, 0.4) is 0 Å². The minimum atomic E-state index is -0.430. The maximum atomic E-state index is 11.6. The summed E-state index contributed by atoms with van der Waals surface area (Å²) in [7, 11) is 0. The summed E-state index contributed by atoms with van der Waals surface area (Å²) in [5, 5.41) is 17.8. The van der Waals surface area contributed by atoms with Gasteiger partial charge in [-0.2, -0.15) is 0 Å². The Morgan fingerprint density at radius 2 is 1.83 bits per heavy atom. The molecule has 1 aliphatic rings. The van der Waals surface area contributed by atoms with Crippen molar-refractivity contribution in [2.45, 2.75) is 45.6 Å². The second-order valence-electron chi connectivity index (χ2n) is 6.23. The Balaban J connectivity index is 1.91. The van der Waals surface area contributed by atoms with Crippen molar-refractivity contribution in [2.24, 2.45) is 0 Å². The molecule has 1 aromatic carbocycles. The van der Waals surface area contributed by atoms with E-state index in [1.807, 2.05) is 32.0 Å². The molecule has 126 valence electrons. The van der Waals surface area contributed by atoms with Crippen molar-refractivity contribution in [3.05, 3.63) is 45.8 Å². The molecule has 0 aliphatic heterocycles. The molecule has 3 rings (SSSR count). The van der Waals surface area contributed by atoms with Gasteiger partial charge in [0.2, 0.25) is 11.6 Å². The lowest BCUT2D eigenvalue weighted by Crippen LogP contribution is -2.17. The first-order valence-corrected chi connectivity index (χ1v) is 8.15. The number of aryl methyl sites for hydroxylation is 2. The molecule has 0 bridgehead atoms. The highest BCUT2D eigenvalue weighted by molar-refractivity contribution is 5.74. The zero-order valence-electron chi connectivity index (χ0n) is 13.9. The zero-order chi connectivity index (χ0) is 17.1. The molecule has 7 heteroatoms. The van der Waals surface area contributed by atoms with Crippen LogP contribution < -0.4 is 10.6 Å². The van der Waals surface area contributed by atoms with Crippen molar-refractivity contribution < 1.29 is 4.92 Å².